The third kappa shape index (κ3) is 2.97. The van der Waals surface area contributed by atoms with Crippen molar-refractivity contribution < 1.29 is 4.42 Å². The van der Waals surface area contributed by atoms with Crippen LogP contribution in [0.4, 0.5) is 0 Å². The lowest BCUT2D eigenvalue weighted by atomic mass is 10.2. The first-order valence-corrected chi connectivity index (χ1v) is 5.97. The second-order valence-corrected chi connectivity index (χ2v) is 4.29. The van der Waals surface area contributed by atoms with Gasteiger partial charge in [0.05, 0.1) is 19.3 Å². The molecule has 0 bridgehead atoms. The van der Waals surface area contributed by atoms with Gasteiger partial charge in [-0.05, 0) is 32.0 Å². The van der Waals surface area contributed by atoms with Crippen molar-refractivity contribution >= 4 is 0 Å². The van der Waals surface area contributed by atoms with Gasteiger partial charge in [0, 0.05) is 11.8 Å². The smallest absolute Gasteiger partial charge is 0.118 e. The van der Waals surface area contributed by atoms with Gasteiger partial charge in [-0.3, -0.25) is 4.68 Å². The maximum Gasteiger partial charge on any atom is 0.118 e. The summed E-state index contributed by atoms with van der Waals surface area (Å²) in [6.45, 7) is 8.64. The van der Waals surface area contributed by atoms with Gasteiger partial charge in [0.2, 0.25) is 0 Å². The second-order valence-electron chi connectivity index (χ2n) is 4.29. The normalized spacial score (nSPS) is 11.0. The molecule has 0 saturated heterocycles. The van der Waals surface area contributed by atoms with Gasteiger partial charge in [0.1, 0.15) is 11.5 Å². The summed E-state index contributed by atoms with van der Waals surface area (Å²) in [4.78, 5) is 0. The van der Waals surface area contributed by atoms with E-state index in [0.29, 0.717) is 0 Å². The first-order valence-electron chi connectivity index (χ1n) is 5.97. The van der Waals surface area contributed by atoms with Crippen LogP contribution in [0.3, 0.4) is 0 Å². The molecule has 0 atom stereocenters. The number of nitrogens with zero attached hydrogens (tertiary/aromatic N) is 2. The maximum absolute atomic E-state index is 5.69. The lowest BCUT2D eigenvalue weighted by molar-refractivity contribution is 0.462. The molecule has 1 N–H and O–H groups in total. The van der Waals surface area contributed by atoms with Crippen molar-refractivity contribution in [2.75, 3.05) is 6.54 Å². The van der Waals surface area contributed by atoms with Gasteiger partial charge < -0.3 is 9.73 Å². The minimum absolute atomic E-state index is 0.773. The molecule has 0 aliphatic rings. The first-order chi connectivity index (χ1) is 8.19. The Morgan fingerprint density at radius 1 is 1.41 bits per heavy atom. The third-order valence-corrected chi connectivity index (χ3v) is 2.72. The molecule has 0 saturated carbocycles. The molecule has 0 aromatic carbocycles. The van der Waals surface area contributed by atoms with Gasteiger partial charge in [-0.25, -0.2) is 0 Å². The molecule has 0 unspecified atom stereocenters. The molecular formula is C13H19N3O. The van der Waals surface area contributed by atoms with E-state index in [-0.39, 0.29) is 0 Å². The summed E-state index contributed by atoms with van der Waals surface area (Å²) in [6.07, 6.45) is 3.91. The lowest BCUT2D eigenvalue weighted by Crippen LogP contribution is -2.10. The van der Waals surface area contributed by atoms with Crippen molar-refractivity contribution in [1.29, 1.82) is 0 Å². The van der Waals surface area contributed by atoms with Crippen molar-refractivity contribution in [2.45, 2.75) is 33.9 Å². The van der Waals surface area contributed by atoms with Crippen molar-refractivity contribution in [3.05, 3.63) is 41.1 Å². The molecule has 0 fully saturated rings. The Balaban J connectivity index is 2.07. The average Bonchev–Trinajstić information content (AvgIpc) is 2.84. The Morgan fingerprint density at radius 2 is 2.24 bits per heavy atom. The maximum atomic E-state index is 5.69. The Labute approximate surface area is 102 Å². The van der Waals surface area contributed by atoms with Crippen LogP contribution in [0.25, 0.3) is 0 Å². The van der Waals surface area contributed by atoms with E-state index in [0.717, 1.165) is 31.2 Å². The summed E-state index contributed by atoms with van der Waals surface area (Å²) in [6, 6.07) is 2.11. The van der Waals surface area contributed by atoms with Crippen molar-refractivity contribution in [1.82, 2.24) is 15.1 Å². The van der Waals surface area contributed by atoms with E-state index in [4.69, 9.17) is 4.42 Å². The van der Waals surface area contributed by atoms with E-state index in [1.165, 1.54) is 11.1 Å². The summed E-state index contributed by atoms with van der Waals surface area (Å²) in [7, 11) is 0. The van der Waals surface area contributed by atoms with E-state index in [1.54, 1.807) is 0 Å². The number of aryl methyl sites for hydroxylation is 2. The second kappa shape index (κ2) is 5.19. The molecule has 4 heteroatoms. The van der Waals surface area contributed by atoms with E-state index in [1.807, 2.05) is 30.9 Å². The van der Waals surface area contributed by atoms with Gasteiger partial charge >= 0.3 is 0 Å². The van der Waals surface area contributed by atoms with Crippen molar-refractivity contribution in [2.24, 2.45) is 0 Å². The molecular weight excluding hydrogens is 214 g/mol. The van der Waals surface area contributed by atoms with E-state index in [9.17, 15) is 0 Å². The molecule has 0 amide bonds. The van der Waals surface area contributed by atoms with E-state index >= 15 is 0 Å². The molecule has 2 aromatic heterocycles. The van der Waals surface area contributed by atoms with Crippen LogP contribution in [0, 0.1) is 13.8 Å². The topological polar surface area (TPSA) is 43.0 Å². The molecule has 2 aromatic rings. The SMILES string of the molecule is CCNCc1cc(Cn2cc(C)cn2)c(C)o1. The Hall–Kier alpha value is -1.55. The van der Waals surface area contributed by atoms with Gasteiger partial charge in [-0.15, -0.1) is 0 Å². The summed E-state index contributed by atoms with van der Waals surface area (Å²) >= 11 is 0. The van der Waals surface area contributed by atoms with Crippen LogP contribution >= 0.6 is 0 Å². The number of hydrogen-bond donors (Lipinski definition) is 1. The highest BCUT2D eigenvalue weighted by atomic mass is 16.3. The quantitative estimate of drug-likeness (QED) is 0.861. The fourth-order valence-corrected chi connectivity index (χ4v) is 1.81. The highest BCUT2D eigenvalue weighted by Gasteiger charge is 2.08. The molecule has 0 aliphatic heterocycles. The average molecular weight is 233 g/mol. The van der Waals surface area contributed by atoms with Gasteiger partial charge in [0.25, 0.3) is 0 Å². The van der Waals surface area contributed by atoms with Crippen LogP contribution in [0.5, 0.6) is 0 Å². The molecule has 0 spiro atoms. The van der Waals surface area contributed by atoms with Crippen LogP contribution in [0.1, 0.15) is 29.6 Å². The minimum Gasteiger partial charge on any atom is -0.465 e. The number of furan rings is 1. The fraction of sp³-hybridized carbons (Fsp3) is 0.462. The Bertz CT molecular complexity index is 485. The highest BCUT2D eigenvalue weighted by Crippen LogP contribution is 2.15. The summed E-state index contributed by atoms with van der Waals surface area (Å²) in [5.74, 6) is 1.97. The minimum atomic E-state index is 0.773. The zero-order chi connectivity index (χ0) is 12.3. The summed E-state index contributed by atoms with van der Waals surface area (Å²) in [5, 5.41) is 7.54. The van der Waals surface area contributed by atoms with E-state index < -0.39 is 0 Å². The summed E-state index contributed by atoms with van der Waals surface area (Å²) in [5.41, 5.74) is 2.38. The molecule has 0 aliphatic carbocycles. The van der Waals surface area contributed by atoms with Crippen LogP contribution in [0.2, 0.25) is 0 Å². The Kier molecular flexibility index (Phi) is 3.64. The molecule has 17 heavy (non-hydrogen) atoms. The first kappa shape index (κ1) is 11.9. The standard InChI is InChI=1S/C13H19N3O/c1-4-14-7-13-5-12(11(3)17-13)9-16-8-10(2)6-15-16/h5-6,8,14H,4,7,9H2,1-3H3. The molecule has 2 heterocycles. The third-order valence-electron chi connectivity index (χ3n) is 2.72. The predicted octanol–water partition coefficient (Wildman–Crippen LogP) is 2.25. The zero-order valence-electron chi connectivity index (χ0n) is 10.7. The van der Waals surface area contributed by atoms with E-state index in [2.05, 4.69) is 23.4 Å². The predicted molar refractivity (Wildman–Crippen MR) is 66.9 cm³/mol. The van der Waals surface area contributed by atoms with Crippen molar-refractivity contribution in [3.8, 4) is 0 Å². The van der Waals surface area contributed by atoms with Crippen LogP contribution in [-0.4, -0.2) is 16.3 Å². The molecule has 92 valence electrons. The number of hydrogen-bond acceptors (Lipinski definition) is 3. The molecule has 0 radical (unpaired) electrons. The monoisotopic (exact) mass is 233 g/mol. The molecule has 2 rings (SSSR count). The fourth-order valence-electron chi connectivity index (χ4n) is 1.81. The van der Waals surface area contributed by atoms with Crippen LogP contribution in [-0.2, 0) is 13.1 Å². The lowest BCUT2D eigenvalue weighted by Gasteiger charge is -1.98. The number of rotatable bonds is 5. The molecule has 4 nitrogen and oxygen atoms in total. The van der Waals surface area contributed by atoms with Crippen LogP contribution < -0.4 is 5.32 Å². The van der Waals surface area contributed by atoms with Crippen molar-refractivity contribution in [3.63, 3.8) is 0 Å². The van der Waals surface area contributed by atoms with Gasteiger partial charge in [-0.2, -0.15) is 5.10 Å². The number of nitrogens with one attached hydrogen (secondary N) is 1. The summed E-state index contributed by atoms with van der Waals surface area (Å²) < 4.78 is 7.63. The highest BCUT2D eigenvalue weighted by molar-refractivity contribution is 5.21. The zero-order valence-corrected chi connectivity index (χ0v) is 10.7. The Morgan fingerprint density at radius 3 is 2.88 bits per heavy atom. The largest absolute Gasteiger partial charge is 0.465 e. The van der Waals surface area contributed by atoms with Gasteiger partial charge in [0.15, 0.2) is 0 Å². The van der Waals surface area contributed by atoms with Gasteiger partial charge in [-0.1, -0.05) is 6.92 Å². The number of aromatic nitrogens is 2. The van der Waals surface area contributed by atoms with Crippen LogP contribution in [0.15, 0.2) is 22.9 Å².